The van der Waals surface area contributed by atoms with Crippen molar-refractivity contribution >= 4 is 11.6 Å². The molecule has 0 aliphatic heterocycles. The molecule has 88 valence electrons. The fourth-order valence-corrected chi connectivity index (χ4v) is 2.16. The summed E-state index contributed by atoms with van der Waals surface area (Å²) in [4.78, 5) is 0. The van der Waals surface area contributed by atoms with Gasteiger partial charge in [-0.1, -0.05) is 61.7 Å². The van der Waals surface area contributed by atoms with Crippen LogP contribution < -0.4 is 5.73 Å². The molecule has 0 spiro atoms. The van der Waals surface area contributed by atoms with Gasteiger partial charge >= 0.3 is 0 Å². The molecule has 1 aromatic rings. The first-order valence-electron chi connectivity index (χ1n) is 5.72. The van der Waals surface area contributed by atoms with E-state index in [4.69, 9.17) is 17.3 Å². The molecule has 1 aromatic carbocycles. The first-order valence-corrected chi connectivity index (χ1v) is 6.10. The predicted molar refractivity (Wildman–Crippen MR) is 71.7 cm³/mol. The monoisotopic (exact) mass is 237 g/mol. The highest BCUT2D eigenvalue weighted by Gasteiger charge is 2.29. The summed E-state index contributed by atoms with van der Waals surface area (Å²) < 4.78 is 0. The van der Waals surface area contributed by atoms with Gasteiger partial charge in [0.2, 0.25) is 0 Å². The molecule has 0 aliphatic rings. The minimum atomic E-state index is -0.492. The SMILES string of the molecule is C=C(C)C(N)(CCCC)c1ccccc1Cl. The van der Waals surface area contributed by atoms with Gasteiger partial charge in [-0.25, -0.2) is 0 Å². The van der Waals surface area contributed by atoms with Gasteiger partial charge < -0.3 is 5.73 Å². The second-order valence-corrected chi connectivity index (χ2v) is 4.74. The number of hydrogen-bond acceptors (Lipinski definition) is 1. The Labute approximate surface area is 103 Å². The molecule has 0 aromatic heterocycles. The Bertz CT molecular complexity index is 373. The number of rotatable bonds is 5. The van der Waals surface area contributed by atoms with Crippen LogP contribution in [-0.4, -0.2) is 0 Å². The summed E-state index contributed by atoms with van der Waals surface area (Å²) in [5.74, 6) is 0. The molecule has 0 saturated carbocycles. The molecule has 16 heavy (non-hydrogen) atoms. The van der Waals surface area contributed by atoms with Crippen molar-refractivity contribution in [3.63, 3.8) is 0 Å². The van der Waals surface area contributed by atoms with Gasteiger partial charge in [-0.15, -0.1) is 0 Å². The number of hydrogen-bond donors (Lipinski definition) is 1. The van der Waals surface area contributed by atoms with Crippen LogP contribution in [0.5, 0.6) is 0 Å². The highest BCUT2D eigenvalue weighted by molar-refractivity contribution is 6.31. The molecular weight excluding hydrogens is 218 g/mol. The molecule has 0 amide bonds. The van der Waals surface area contributed by atoms with Gasteiger partial charge in [0.25, 0.3) is 0 Å². The van der Waals surface area contributed by atoms with Crippen molar-refractivity contribution in [3.8, 4) is 0 Å². The number of unbranched alkanes of at least 4 members (excludes halogenated alkanes) is 1. The summed E-state index contributed by atoms with van der Waals surface area (Å²) in [7, 11) is 0. The molecule has 0 saturated heterocycles. The van der Waals surface area contributed by atoms with Crippen LogP contribution in [0.2, 0.25) is 5.02 Å². The Morgan fingerprint density at radius 1 is 1.44 bits per heavy atom. The molecule has 1 rings (SSSR count). The summed E-state index contributed by atoms with van der Waals surface area (Å²) >= 11 is 6.21. The topological polar surface area (TPSA) is 26.0 Å². The van der Waals surface area contributed by atoms with Crippen molar-refractivity contribution in [3.05, 3.63) is 47.0 Å². The molecule has 0 bridgehead atoms. The highest BCUT2D eigenvalue weighted by Crippen LogP contribution is 2.35. The van der Waals surface area contributed by atoms with E-state index in [1.54, 1.807) is 0 Å². The van der Waals surface area contributed by atoms with Crippen LogP contribution in [0.25, 0.3) is 0 Å². The third-order valence-corrected chi connectivity index (χ3v) is 3.37. The molecule has 1 unspecified atom stereocenters. The first kappa shape index (κ1) is 13.3. The second-order valence-electron chi connectivity index (χ2n) is 4.34. The normalized spacial score (nSPS) is 14.5. The predicted octanol–water partition coefficient (Wildman–Crippen LogP) is 4.26. The second kappa shape index (κ2) is 5.51. The van der Waals surface area contributed by atoms with Crippen molar-refractivity contribution in [2.75, 3.05) is 0 Å². The minimum Gasteiger partial charge on any atom is -0.318 e. The molecule has 1 nitrogen and oxygen atoms in total. The lowest BCUT2D eigenvalue weighted by Gasteiger charge is -2.31. The van der Waals surface area contributed by atoms with E-state index in [1.807, 2.05) is 31.2 Å². The van der Waals surface area contributed by atoms with Crippen LogP contribution in [0, 0.1) is 0 Å². The van der Waals surface area contributed by atoms with Gasteiger partial charge in [0, 0.05) is 5.02 Å². The Hall–Kier alpha value is -0.790. The third kappa shape index (κ3) is 2.66. The fraction of sp³-hybridized carbons (Fsp3) is 0.429. The molecule has 0 radical (unpaired) electrons. The highest BCUT2D eigenvalue weighted by atomic mass is 35.5. The fourth-order valence-electron chi connectivity index (χ4n) is 1.86. The zero-order chi connectivity index (χ0) is 12.2. The Morgan fingerprint density at radius 3 is 2.56 bits per heavy atom. The van der Waals surface area contributed by atoms with Crippen LogP contribution in [0.15, 0.2) is 36.4 Å². The van der Waals surface area contributed by atoms with Crippen molar-refractivity contribution in [2.45, 2.75) is 38.6 Å². The molecule has 0 fully saturated rings. The van der Waals surface area contributed by atoms with Crippen LogP contribution in [0.1, 0.15) is 38.7 Å². The van der Waals surface area contributed by atoms with Gasteiger partial charge in [-0.2, -0.15) is 0 Å². The average Bonchev–Trinajstić information content (AvgIpc) is 2.26. The quantitative estimate of drug-likeness (QED) is 0.761. The Kier molecular flexibility index (Phi) is 4.57. The lowest BCUT2D eigenvalue weighted by molar-refractivity contribution is 0.461. The van der Waals surface area contributed by atoms with E-state index in [-0.39, 0.29) is 0 Å². The van der Waals surface area contributed by atoms with Gasteiger partial charge in [0.15, 0.2) is 0 Å². The number of benzene rings is 1. The molecule has 0 aliphatic carbocycles. The molecule has 1 atom stereocenters. The van der Waals surface area contributed by atoms with Crippen LogP contribution in [-0.2, 0) is 5.54 Å². The molecule has 2 N–H and O–H groups in total. The van der Waals surface area contributed by atoms with Gasteiger partial charge in [-0.3, -0.25) is 0 Å². The summed E-state index contributed by atoms with van der Waals surface area (Å²) in [5.41, 5.74) is 7.92. The van der Waals surface area contributed by atoms with Gasteiger partial charge in [0.05, 0.1) is 5.54 Å². The standard InChI is InChI=1S/C14H20ClN/c1-4-5-10-14(16,11(2)3)12-8-6-7-9-13(12)15/h6-9H,2,4-5,10,16H2,1,3H3. The van der Waals surface area contributed by atoms with Crippen LogP contribution in [0.3, 0.4) is 0 Å². The van der Waals surface area contributed by atoms with Gasteiger partial charge in [-0.05, 0) is 25.0 Å². The van der Waals surface area contributed by atoms with Crippen LogP contribution >= 0.6 is 11.6 Å². The van der Waals surface area contributed by atoms with Crippen molar-refractivity contribution < 1.29 is 0 Å². The van der Waals surface area contributed by atoms with Gasteiger partial charge in [0.1, 0.15) is 0 Å². The van der Waals surface area contributed by atoms with Crippen molar-refractivity contribution in [1.29, 1.82) is 0 Å². The van der Waals surface area contributed by atoms with E-state index in [1.165, 1.54) is 0 Å². The zero-order valence-electron chi connectivity index (χ0n) is 10.1. The summed E-state index contributed by atoms with van der Waals surface area (Å²) in [5, 5.41) is 0.726. The Balaban J connectivity index is 3.11. The summed E-state index contributed by atoms with van der Waals surface area (Å²) in [6.07, 6.45) is 3.09. The molecule has 2 heteroatoms. The summed E-state index contributed by atoms with van der Waals surface area (Å²) in [6.45, 7) is 8.14. The molecular formula is C14H20ClN. The maximum Gasteiger partial charge on any atom is 0.0634 e. The molecule has 0 heterocycles. The largest absolute Gasteiger partial charge is 0.318 e. The van der Waals surface area contributed by atoms with Crippen LogP contribution in [0.4, 0.5) is 0 Å². The zero-order valence-corrected chi connectivity index (χ0v) is 10.8. The lowest BCUT2D eigenvalue weighted by Crippen LogP contribution is -2.38. The van der Waals surface area contributed by atoms with E-state index in [2.05, 4.69) is 13.5 Å². The maximum absolute atomic E-state index is 6.47. The van der Waals surface area contributed by atoms with Crippen molar-refractivity contribution in [2.24, 2.45) is 5.73 Å². The maximum atomic E-state index is 6.47. The number of halogens is 1. The van der Waals surface area contributed by atoms with E-state index in [0.717, 1.165) is 35.4 Å². The van der Waals surface area contributed by atoms with E-state index in [0.29, 0.717) is 0 Å². The van der Waals surface area contributed by atoms with E-state index < -0.39 is 5.54 Å². The van der Waals surface area contributed by atoms with E-state index >= 15 is 0 Å². The van der Waals surface area contributed by atoms with Crippen molar-refractivity contribution in [1.82, 2.24) is 0 Å². The van der Waals surface area contributed by atoms with E-state index in [9.17, 15) is 0 Å². The minimum absolute atomic E-state index is 0.492. The smallest absolute Gasteiger partial charge is 0.0634 e. The Morgan fingerprint density at radius 2 is 2.06 bits per heavy atom. The number of nitrogens with two attached hydrogens (primary N) is 1. The third-order valence-electron chi connectivity index (χ3n) is 3.04. The lowest BCUT2D eigenvalue weighted by atomic mass is 9.81. The summed E-state index contributed by atoms with van der Waals surface area (Å²) in [6, 6.07) is 7.77. The average molecular weight is 238 g/mol. The first-order chi connectivity index (χ1) is 7.52.